The molecule has 116 valence electrons. The number of likely N-dealkylation sites (tertiary alicyclic amines) is 1. The number of nitrogens with zero attached hydrogens (tertiary/aromatic N) is 1. The summed E-state index contributed by atoms with van der Waals surface area (Å²) in [7, 11) is 0. The van der Waals surface area contributed by atoms with E-state index < -0.39 is 0 Å². The fourth-order valence-corrected chi connectivity index (χ4v) is 2.77. The van der Waals surface area contributed by atoms with Crippen LogP contribution in [0.1, 0.15) is 19.8 Å². The molecule has 1 amide bonds. The maximum absolute atomic E-state index is 12.1. The first-order valence-corrected chi connectivity index (χ1v) is 8.35. The Hall–Kier alpha value is -1.07. The van der Waals surface area contributed by atoms with Crippen molar-refractivity contribution in [2.24, 2.45) is 5.92 Å². The Morgan fingerprint density at radius 1 is 1.33 bits per heavy atom. The molecule has 1 saturated heterocycles. The predicted molar refractivity (Wildman–Crippen MR) is 87.5 cm³/mol. The van der Waals surface area contributed by atoms with E-state index in [1.807, 2.05) is 29.2 Å². The van der Waals surface area contributed by atoms with Gasteiger partial charge in [-0.15, -0.1) is 0 Å². The van der Waals surface area contributed by atoms with Crippen molar-refractivity contribution in [2.45, 2.75) is 19.8 Å². The lowest BCUT2D eigenvalue weighted by Crippen LogP contribution is -2.42. The average molecular weight is 355 g/mol. The van der Waals surface area contributed by atoms with E-state index in [2.05, 4.69) is 28.2 Å². The first-order valence-electron chi connectivity index (χ1n) is 7.56. The number of piperidine rings is 1. The maximum atomic E-state index is 12.1. The molecule has 0 bridgehead atoms. The third-order valence-electron chi connectivity index (χ3n) is 3.83. The number of amides is 1. The number of ether oxygens (including phenoxy) is 1. The van der Waals surface area contributed by atoms with E-state index in [1.165, 1.54) is 0 Å². The van der Waals surface area contributed by atoms with Gasteiger partial charge >= 0.3 is 0 Å². The Labute approximate surface area is 135 Å². The fraction of sp³-hybridized carbons (Fsp3) is 0.562. The summed E-state index contributed by atoms with van der Waals surface area (Å²) in [5.41, 5.74) is 0. The minimum Gasteiger partial charge on any atom is -0.484 e. The third-order valence-corrected chi connectivity index (χ3v) is 4.35. The molecule has 0 radical (unpaired) electrons. The van der Waals surface area contributed by atoms with Gasteiger partial charge in [0, 0.05) is 17.6 Å². The van der Waals surface area contributed by atoms with Gasteiger partial charge in [0.25, 0.3) is 5.91 Å². The van der Waals surface area contributed by atoms with Crippen LogP contribution in [0.3, 0.4) is 0 Å². The van der Waals surface area contributed by atoms with Gasteiger partial charge in [0.1, 0.15) is 5.75 Å². The van der Waals surface area contributed by atoms with Crippen LogP contribution in [0.5, 0.6) is 5.75 Å². The van der Waals surface area contributed by atoms with E-state index >= 15 is 0 Å². The molecule has 21 heavy (non-hydrogen) atoms. The topological polar surface area (TPSA) is 41.6 Å². The second-order valence-corrected chi connectivity index (χ2v) is 6.29. The Morgan fingerprint density at radius 2 is 2.00 bits per heavy atom. The van der Waals surface area contributed by atoms with E-state index in [1.54, 1.807) is 0 Å². The van der Waals surface area contributed by atoms with Crippen molar-refractivity contribution in [2.75, 3.05) is 32.8 Å². The molecule has 1 aliphatic rings. The minimum atomic E-state index is 0.0832. The number of nitrogens with one attached hydrogen (secondary N) is 1. The highest BCUT2D eigenvalue weighted by atomic mass is 79.9. The lowest BCUT2D eigenvalue weighted by Gasteiger charge is -2.32. The Bertz CT molecular complexity index is 442. The molecular weight excluding hydrogens is 332 g/mol. The molecule has 5 heteroatoms. The zero-order valence-corrected chi connectivity index (χ0v) is 14.1. The van der Waals surface area contributed by atoms with Crippen molar-refractivity contribution in [3.05, 3.63) is 28.7 Å². The van der Waals surface area contributed by atoms with E-state index in [0.717, 1.165) is 49.2 Å². The van der Waals surface area contributed by atoms with Gasteiger partial charge in [-0.2, -0.15) is 0 Å². The number of halogens is 1. The van der Waals surface area contributed by atoms with Crippen molar-refractivity contribution >= 4 is 21.8 Å². The summed E-state index contributed by atoms with van der Waals surface area (Å²) in [6.45, 7) is 6.02. The highest BCUT2D eigenvalue weighted by molar-refractivity contribution is 9.10. The van der Waals surface area contributed by atoms with E-state index in [0.29, 0.717) is 5.92 Å². The normalized spacial score (nSPS) is 16.0. The van der Waals surface area contributed by atoms with Gasteiger partial charge in [-0.1, -0.05) is 22.9 Å². The largest absolute Gasteiger partial charge is 0.484 e. The molecule has 1 aromatic carbocycles. The average Bonchev–Trinajstić information content (AvgIpc) is 2.52. The first-order chi connectivity index (χ1) is 10.2. The third kappa shape index (κ3) is 5.32. The van der Waals surface area contributed by atoms with E-state index in [-0.39, 0.29) is 12.5 Å². The lowest BCUT2D eigenvalue weighted by atomic mass is 9.97. The monoisotopic (exact) mass is 354 g/mol. The van der Waals surface area contributed by atoms with Crippen LogP contribution in [0.4, 0.5) is 0 Å². The molecule has 1 aromatic rings. The number of benzene rings is 1. The van der Waals surface area contributed by atoms with Gasteiger partial charge in [0.2, 0.25) is 0 Å². The molecule has 4 nitrogen and oxygen atoms in total. The predicted octanol–water partition coefficient (Wildman–Crippen LogP) is 2.68. The van der Waals surface area contributed by atoms with Gasteiger partial charge in [0.15, 0.2) is 6.61 Å². The van der Waals surface area contributed by atoms with Crippen LogP contribution in [0, 0.1) is 5.92 Å². The maximum Gasteiger partial charge on any atom is 0.260 e. The second-order valence-electron chi connectivity index (χ2n) is 5.37. The highest BCUT2D eigenvalue weighted by Gasteiger charge is 2.22. The van der Waals surface area contributed by atoms with Crippen molar-refractivity contribution in [1.82, 2.24) is 10.2 Å². The minimum absolute atomic E-state index is 0.0832. The number of carbonyl (C=O) groups excluding carboxylic acids is 1. The second kappa shape index (κ2) is 8.39. The quantitative estimate of drug-likeness (QED) is 0.853. The van der Waals surface area contributed by atoms with Crippen LogP contribution in [0.2, 0.25) is 0 Å². The Balaban J connectivity index is 1.71. The van der Waals surface area contributed by atoms with Crippen LogP contribution >= 0.6 is 15.9 Å². The standard InChI is InChI=1S/C16H23BrN2O2/c1-2-18-11-13-7-9-19(10-8-13)16(20)12-21-15-5-3-14(17)4-6-15/h3-6,13,18H,2,7-12H2,1H3. The van der Waals surface area contributed by atoms with Crippen LogP contribution in [-0.2, 0) is 4.79 Å². The Morgan fingerprint density at radius 3 is 2.62 bits per heavy atom. The van der Waals surface area contributed by atoms with Gasteiger partial charge in [-0.05, 0) is 56.1 Å². The van der Waals surface area contributed by atoms with Crippen LogP contribution < -0.4 is 10.1 Å². The summed E-state index contributed by atoms with van der Waals surface area (Å²) in [5.74, 6) is 1.51. The van der Waals surface area contributed by atoms with Gasteiger partial charge in [0.05, 0.1) is 0 Å². The van der Waals surface area contributed by atoms with E-state index in [9.17, 15) is 4.79 Å². The summed E-state index contributed by atoms with van der Waals surface area (Å²) in [4.78, 5) is 14.1. The molecule has 2 rings (SSSR count). The molecule has 0 aromatic heterocycles. The molecule has 0 aliphatic carbocycles. The number of hydrogen-bond donors (Lipinski definition) is 1. The molecule has 0 unspecified atom stereocenters. The van der Waals surface area contributed by atoms with Crippen LogP contribution in [0.25, 0.3) is 0 Å². The molecule has 1 heterocycles. The number of carbonyl (C=O) groups is 1. The smallest absolute Gasteiger partial charge is 0.260 e. The molecule has 1 N–H and O–H groups in total. The number of rotatable bonds is 6. The SMILES string of the molecule is CCNCC1CCN(C(=O)COc2ccc(Br)cc2)CC1. The zero-order valence-electron chi connectivity index (χ0n) is 12.5. The lowest BCUT2D eigenvalue weighted by molar-refractivity contribution is -0.134. The Kier molecular flexibility index (Phi) is 6.51. The molecule has 0 spiro atoms. The molecule has 1 fully saturated rings. The van der Waals surface area contributed by atoms with Crippen molar-refractivity contribution in [3.63, 3.8) is 0 Å². The molecule has 1 aliphatic heterocycles. The van der Waals surface area contributed by atoms with Gasteiger partial charge < -0.3 is 15.0 Å². The summed E-state index contributed by atoms with van der Waals surface area (Å²) in [5, 5.41) is 3.38. The highest BCUT2D eigenvalue weighted by Crippen LogP contribution is 2.18. The summed E-state index contributed by atoms with van der Waals surface area (Å²) in [6.07, 6.45) is 2.16. The van der Waals surface area contributed by atoms with Crippen LogP contribution in [-0.4, -0.2) is 43.6 Å². The molecule has 0 saturated carbocycles. The van der Waals surface area contributed by atoms with Crippen LogP contribution in [0.15, 0.2) is 28.7 Å². The molecule has 0 atom stereocenters. The van der Waals surface area contributed by atoms with Gasteiger partial charge in [-0.3, -0.25) is 4.79 Å². The van der Waals surface area contributed by atoms with Crippen molar-refractivity contribution in [1.29, 1.82) is 0 Å². The van der Waals surface area contributed by atoms with Crippen molar-refractivity contribution < 1.29 is 9.53 Å². The zero-order chi connectivity index (χ0) is 15.1. The van der Waals surface area contributed by atoms with Crippen molar-refractivity contribution in [3.8, 4) is 5.75 Å². The number of hydrogen-bond acceptors (Lipinski definition) is 3. The van der Waals surface area contributed by atoms with E-state index in [4.69, 9.17) is 4.74 Å². The fourth-order valence-electron chi connectivity index (χ4n) is 2.50. The molecular formula is C16H23BrN2O2. The summed E-state index contributed by atoms with van der Waals surface area (Å²) in [6, 6.07) is 7.54. The summed E-state index contributed by atoms with van der Waals surface area (Å²) < 4.78 is 6.55. The summed E-state index contributed by atoms with van der Waals surface area (Å²) >= 11 is 3.38. The van der Waals surface area contributed by atoms with Gasteiger partial charge in [-0.25, -0.2) is 0 Å². The first kappa shape index (κ1) is 16.3.